The van der Waals surface area contributed by atoms with Gasteiger partial charge >= 0.3 is 0 Å². The van der Waals surface area contributed by atoms with Crippen LogP contribution in [0, 0.1) is 13.8 Å². The molecule has 0 spiro atoms. The van der Waals surface area contributed by atoms with Gasteiger partial charge in [0.1, 0.15) is 5.52 Å². The van der Waals surface area contributed by atoms with Gasteiger partial charge < -0.3 is 14.3 Å². The molecule has 3 aromatic carbocycles. The lowest BCUT2D eigenvalue weighted by molar-refractivity contribution is 0.317. The summed E-state index contributed by atoms with van der Waals surface area (Å²) in [6, 6.07) is 13.5. The van der Waals surface area contributed by atoms with Crippen LogP contribution in [0.1, 0.15) is 23.6 Å². The van der Waals surface area contributed by atoms with E-state index in [-0.39, 0.29) is 5.75 Å². The summed E-state index contributed by atoms with van der Waals surface area (Å²) < 4.78 is 12.9. The molecule has 0 unspecified atom stereocenters. The Balaban J connectivity index is 1.73. The van der Waals surface area contributed by atoms with Crippen molar-refractivity contribution in [2.24, 2.45) is 4.99 Å². The molecule has 0 amide bonds. The number of ether oxygens (including phenoxy) is 1. The molecule has 158 valence electrons. The number of hydrogen-bond donors (Lipinski definition) is 1. The third-order valence-corrected chi connectivity index (χ3v) is 6.84. The summed E-state index contributed by atoms with van der Waals surface area (Å²) >= 11 is 6.99. The van der Waals surface area contributed by atoms with Crippen LogP contribution in [0.25, 0.3) is 22.6 Å². The third-order valence-electron chi connectivity index (χ3n) is 4.82. The molecular weight excluding hydrogens is 524 g/mol. The smallest absolute Gasteiger partial charge is 0.227 e. The molecule has 0 aliphatic heterocycles. The number of aromatic nitrogens is 1. The first-order valence-corrected chi connectivity index (χ1v) is 11.3. The second-order valence-corrected chi connectivity index (χ2v) is 8.76. The highest BCUT2D eigenvalue weighted by Crippen LogP contribution is 2.40. The van der Waals surface area contributed by atoms with Crippen molar-refractivity contribution in [3.05, 3.63) is 68.1 Å². The van der Waals surface area contributed by atoms with Crippen molar-refractivity contribution in [1.82, 2.24) is 4.98 Å². The van der Waals surface area contributed by atoms with Gasteiger partial charge in [-0.15, -0.1) is 0 Å². The van der Waals surface area contributed by atoms with Crippen LogP contribution in [-0.4, -0.2) is 22.9 Å². The summed E-state index contributed by atoms with van der Waals surface area (Å²) in [4.78, 5) is 9.25. The van der Waals surface area contributed by atoms with E-state index in [0.29, 0.717) is 28.3 Å². The Morgan fingerprint density at radius 3 is 2.71 bits per heavy atom. The van der Waals surface area contributed by atoms with Crippen LogP contribution in [0.5, 0.6) is 11.5 Å². The lowest BCUT2D eigenvalue weighted by atomic mass is 10.1. The lowest BCUT2D eigenvalue weighted by Crippen LogP contribution is -1.96. The number of aromatic hydroxyl groups is 1. The molecule has 4 aromatic rings. The van der Waals surface area contributed by atoms with Gasteiger partial charge in [0.05, 0.1) is 17.9 Å². The second kappa shape index (κ2) is 8.85. The number of oxazole rings is 1. The van der Waals surface area contributed by atoms with Crippen LogP contribution in [0.4, 0.5) is 5.69 Å². The standard InChI is InChI=1S/C24H20Br2N2O3/c1-4-30-21-11-17(25)22(26)16(23(21)29)12-27-18-10-15(7-6-14(18)3)24-28-19-9-13(2)5-8-20(19)31-24/h5-12,29H,4H2,1-3H3. The molecule has 0 bridgehead atoms. The highest BCUT2D eigenvalue weighted by atomic mass is 79.9. The molecule has 0 atom stereocenters. The van der Waals surface area contributed by atoms with E-state index < -0.39 is 0 Å². The van der Waals surface area contributed by atoms with Crippen LogP contribution < -0.4 is 4.74 Å². The summed E-state index contributed by atoms with van der Waals surface area (Å²) in [5, 5.41) is 10.6. The second-order valence-electron chi connectivity index (χ2n) is 7.12. The summed E-state index contributed by atoms with van der Waals surface area (Å²) in [6.45, 7) is 6.32. The molecule has 0 aliphatic rings. The molecule has 4 rings (SSSR count). The number of phenols is 1. The zero-order valence-electron chi connectivity index (χ0n) is 17.2. The van der Waals surface area contributed by atoms with Crippen LogP contribution in [0.3, 0.4) is 0 Å². The number of aliphatic imine (C=N–C) groups is 1. The van der Waals surface area contributed by atoms with Gasteiger partial charge in [0.15, 0.2) is 17.1 Å². The number of phenolic OH excluding ortho intramolecular Hbond substituents is 1. The van der Waals surface area contributed by atoms with E-state index in [4.69, 9.17) is 9.15 Å². The minimum Gasteiger partial charge on any atom is -0.504 e. The molecular formula is C24H20Br2N2O3. The molecule has 31 heavy (non-hydrogen) atoms. The highest BCUT2D eigenvalue weighted by Gasteiger charge is 2.15. The quantitative estimate of drug-likeness (QED) is 0.265. The van der Waals surface area contributed by atoms with E-state index in [1.54, 1.807) is 12.3 Å². The zero-order valence-corrected chi connectivity index (χ0v) is 20.4. The predicted molar refractivity (Wildman–Crippen MR) is 131 cm³/mol. The maximum Gasteiger partial charge on any atom is 0.227 e. The molecule has 7 heteroatoms. The van der Waals surface area contributed by atoms with Crippen molar-refractivity contribution in [2.75, 3.05) is 6.61 Å². The maximum absolute atomic E-state index is 10.6. The zero-order chi connectivity index (χ0) is 22.1. The van der Waals surface area contributed by atoms with E-state index >= 15 is 0 Å². The monoisotopic (exact) mass is 542 g/mol. The van der Waals surface area contributed by atoms with Gasteiger partial charge in [-0.2, -0.15) is 0 Å². The third kappa shape index (κ3) is 4.38. The molecule has 0 fully saturated rings. The predicted octanol–water partition coefficient (Wildman–Crippen LogP) is 7.49. The summed E-state index contributed by atoms with van der Waals surface area (Å²) in [6.07, 6.45) is 1.62. The van der Waals surface area contributed by atoms with Gasteiger partial charge in [0.2, 0.25) is 5.89 Å². The average molecular weight is 544 g/mol. The fourth-order valence-corrected chi connectivity index (χ4v) is 4.00. The molecule has 1 N–H and O–H groups in total. The fourth-order valence-electron chi connectivity index (χ4n) is 3.17. The van der Waals surface area contributed by atoms with Crippen molar-refractivity contribution < 1.29 is 14.3 Å². The summed E-state index contributed by atoms with van der Waals surface area (Å²) in [5.74, 6) is 0.970. The number of halogens is 2. The minimum absolute atomic E-state index is 0.0313. The van der Waals surface area contributed by atoms with E-state index in [1.807, 2.05) is 57.2 Å². The van der Waals surface area contributed by atoms with Crippen molar-refractivity contribution in [3.8, 4) is 23.0 Å². The van der Waals surface area contributed by atoms with Crippen molar-refractivity contribution in [3.63, 3.8) is 0 Å². The van der Waals surface area contributed by atoms with Gasteiger partial charge in [-0.3, -0.25) is 4.99 Å². The average Bonchev–Trinajstić information content (AvgIpc) is 3.16. The SMILES string of the molecule is CCOc1cc(Br)c(Br)c(C=Nc2cc(-c3nc4cc(C)ccc4o3)ccc2C)c1O. The number of fused-ring (bicyclic) bond motifs is 1. The Hall–Kier alpha value is -2.64. The number of rotatable bonds is 5. The van der Waals surface area contributed by atoms with E-state index in [1.165, 1.54) is 0 Å². The molecule has 1 aromatic heterocycles. The topological polar surface area (TPSA) is 67.9 Å². The van der Waals surface area contributed by atoms with Crippen LogP contribution in [0.2, 0.25) is 0 Å². The van der Waals surface area contributed by atoms with Gasteiger partial charge in [-0.05, 0) is 94.1 Å². The first-order valence-electron chi connectivity index (χ1n) is 9.73. The van der Waals surface area contributed by atoms with Gasteiger partial charge in [-0.25, -0.2) is 4.98 Å². The van der Waals surface area contributed by atoms with Gasteiger partial charge in [0, 0.05) is 20.7 Å². The first-order chi connectivity index (χ1) is 14.9. The van der Waals surface area contributed by atoms with Gasteiger partial charge in [0.25, 0.3) is 0 Å². The van der Waals surface area contributed by atoms with Crippen LogP contribution in [-0.2, 0) is 0 Å². The Morgan fingerprint density at radius 2 is 1.94 bits per heavy atom. The number of nitrogens with zero attached hydrogens (tertiary/aromatic N) is 2. The van der Waals surface area contributed by atoms with E-state index in [0.717, 1.165) is 38.0 Å². The molecule has 0 saturated carbocycles. The Bertz CT molecular complexity index is 1310. The number of aryl methyl sites for hydroxylation is 2. The lowest BCUT2D eigenvalue weighted by Gasteiger charge is -2.11. The molecule has 5 nitrogen and oxygen atoms in total. The molecule has 0 aliphatic carbocycles. The first kappa shape index (κ1) is 21.6. The normalized spacial score (nSPS) is 11.5. The summed E-state index contributed by atoms with van der Waals surface area (Å²) in [7, 11) is 0. The number of benzene rings is 3. The molecule has 1 heterocycles. The minimum atomic E-state index is 0.0313. The Labute approximate surface area is 197 Å². The summed E-state index contributed by atoms with van der Waals surface area (Å²) in [5.41, 5.74) is 5.80. The van der Waals surface area contributed by atoms with Gasteiger partial charge in [-0.1, -0.05) is 12.1 Å². The fraction of sp³-hybridized carbons (Fsp3) is 0.167. The highest BCUT2D eigenvalue weighted by molar-refractivity contribution is 9.13. The van der Waals surface area contributed by atoms with E-state index in [2.05, 4.69) is 41.8 Å². The Morgan fingerprint density at radius 1 is 1.13 bits per heavy atom. The largest absolute Gasteiger partial charge is 0.504 e. The maximum atomic E-state index is 10.6. The van der Waals surface area contributed by atoms with Crippen LogP contribution in [0.15, 0.2) is 60.8 Å². The molecule has 0 saturated heterocycles. The van der Waals surface area contributed by atoms with E-state index in [9.17, 15) is 5.11 Å². The Kier molecular flexibility index (Phi) is 6.16. The van der Waals surface area contributed by atoms with Crippen molar-refractivity contribution in [1.29, 1.82) is 0 Å². The van der Waals surface area contributed by atoms with Crippen molar-refractivity contribution in [2.45, 2.75) is 20.8 Å². The molecule has 0 radical (unpaired) electrons. The van der Waals surface area contributed by atoms with Crippen LogP contribution >= 0.6 is 31.9 Å². The van der Waals surface area contributed by atoms with Crippen molar-refractivity contribution >= 4 is 54.9 Å². The number of hydrogen-bond acceptors (Lipinski definition) is 5.